The summed E-state index contributed by atoms with van der Waals surface area (Å²) in [6.45, 7) is -1.36. The average Bonchev–Trinajstić information content (AvgIpc) is 2.13. The van der Waals surface area contributed by atoms with Crippen molar-refractivity contribution in [2.75, 3.05) is 25.1 Å². The summed E-state index contributed by atoms with van der Waals surface area (Å²) in [5, 5.41) is 2.37. The van der Waals surface area contributed by atoms with E-state index in [1.54, 1.807) is 0 Å². The van der Waals surface area contributed by atoms with E-state index >= 15 is 0 Å². The molecule has 0 fully saturated rings. The number of rotatable bonds is 5. The number of halogens is 5. The van der Waals surface area contributed by atoms with Gasteiger partial charge in [-0.25, -0.2) is 0 Å². The molecule has 1 aromatic heterocycles. The number of anilines is 1. The van der Waals surface area contributed by atoms with Gasteiger partial charge < -0.3 is 10.1 Å². The van der Waals surface area contributed by atoms with Crippen LogP contribution in [0.25, 0.3) is 0 Å². The predicted molar refractivity (Wildman–Crippen MR) is 55.2 cm³/mol. The molecule has 0 radical (unpaired) electrons. The zero-order valence-electron chi connectivity index (χ0n) is 8.26. The Morgan fingerprint density at radius 2 is 1.71 bits per heavy atom. The third-order valence-electron chi connectivity index (χ3n) is 1.38. The summed E-state index contributed by atoms with van der Waals surface area (Å²) in [4.78, 5) is 10.8. The van der Waals surface area contributed by atoms with Crippen LogP contribution in [0, 0.1) is 0 Å². The molecule has 5 nitrogen and oxygen atoms in total. The highest BCUT2D eigenvalue weighted by Crippen LogP contribution is 2.14. The molecule has 10 heteroatoms. The lowest BCUT2D eigenvalue weighted by atomic mass is 10.6. The first-order valence-corrected chi connectivity index (χ1v) is 5.08. The van der Waals surface area contributed by atoms with Gasteiger partial charge in [-0.1, -0.05) is 0 Å². The molecule has 0 spiro atoms. The summed E-state index contributed by atoms with van der Waals surface area (Å²) in [5.74, 6) is 0.0746. The zero-order chi connectivity index (χ0) is 12.9. The number of nitrogens with one attached hydrogen (secondary N) is 1. The molecule has 0 saturated heterocycles. The summed E-state index contributed by atoms with van der Waals surface area (Å²) in [7, 11) is 0. The Labute approximate surface area is 104 Å². The van der Waals surface area contributed by atoms with Crippen molar-refractivity contribution in [3.8, 4) is 0 Å². The molecule has 0 atom stereocenters. The zero-order valence-corrected chi connectivity index (χ0v) is 9.77. The van der Waals surface area contributed by atoms with E-state index in [0.29, 0.717) is 0 Å². The Kier molecular flexibility index (Phi) is 5.16. The van der Waals surface area contributed by atoms with Gasteiger partial charge >= 0.3 is 6.18 Å². The Morgan fingerprint density at radius 1 is 1.12 bits per heavy atom. The molecule has 0 bridgehead atoms. The van der Waals surface area contributed by atoms with Gasteiger partial charge in [0.2, 0.25) is 16.5 Å². The first-order valence-electron chi connectivity index (χ1n) is 4.32. The summed E-state index contributed by atoms with van der Waals surface area (Å²) in [6.07, 6.45) is -4.33. The van der Waals surface area contributed by atoms with Crippen LogP contribution in [0.2, 0.25) is 10.6 Å². The smallest absolute Gasteiger partial charge is 0.370 e. The van der Waals surface area contributed by atoms with E-state index in [1.807, 2.05) is 0 Å². The second-order valence-electron chi connectivity index (χ2n) is 2.79. The molecule has 1 aromatic rings. The van der Waals surface area contributed by atoms with Crippen LogP contribution in [0.1, 0.15) is 0 Å². The van der Waals surface area contributed by atoms with E-state index in [-0.39, 0.29) is 29.7 Å². The lowest BCUT2D eigenvalue weighted by Gasteiger charge is -2.08. The van der Waals surface area contributed by atoms with Crippen molar-refractivity contribution in [2.24, 2.45) is 0 Å². The number of hydrogen-bond acceptors (Lipinski definition) is 5. The standard InChI is InChI=1S/C7H7Cl2F3N4O/c8-4-14-5(9)16-6(15-4)13-1-2-17-3-7(10,11)12/h1-3H2,(H,13,14,15,16). The van der Waals surface area contributed by atoms with Crippen molar-refractivity contribution >= 4 is 29.2 Å². The first-order chi connectivity index (χ1) is 7.87. The highest BCUT2D eigenvalue weighted by atomic mass is 35.5. The second kappa shape index (κ2) is 6.18. The molecule has 0 aliphatic carbocycles. The molecule has 0 amide bonds. The minimum atomic E-state index is -4.33. The van der Waals surface area contributed by atoms with E-state index in [1.165, 1.54) is 0 Å². The van der Waals surface area contributed by atoms with E-state index in [9.17, 15) is 13.2 Å². The number of alkyl halides is 3. The van der Waals surface area contributed by atoms with Crippen molar-refractivity contribution in [1.29, 1.82) is 0 Å². The molecule has 0 aliphatic rings. The summed E-state index contributed by atoms with van der Waals surface area (Å²) >= 11 is 11.0. The predicted octanol–water partition coefficient (Wildman–Crippen LogP) is 2.17. The highest BCUT2D eigenvalue weighted by Gasteiger charge is 2.27. The second-order valence-corrected chi connectivity index (χ2v) is 3.47. The topological polar surface area (TPSA) is 59.9 Å². The van der Waals surface area contributed by atoms with Gasteiger partial charge in [0.05, 0.1) is 6.61 Å². The molecule has 0 aromatic carbocycles. The van der Waals surface area contributed by atoms with Crippen molar-refractivity contribution in [3.05, 3.63) is 10.6 Å². The lowest BCUT2D eigenvalue weighted by Crippen LogP contribution is -2.20. The minimum absolute atomic E-state index is 0.0746. The Bertz CT molecular complexity index is 356. The van der Waals surface area contributed by atoms with Crippen molar-refractivity contribution in [1.82, 2.24) is 15.0 Å². The highest BCUT2D eigenvalue weighted by molar-refractivity contribution is 6.31. The van der Waals surface area contributed by atoms with E-state index in [4.69, 9.17) is 23.2 Å². The third-order valence-corrected chi connectivity index (χ3v) is 1.71. The average molecular weight is 291 g/mol. The summed E-state index contributed by atoms with van der Waals surface area (Å²) in [5.41, 5.74) is 0. The Balaban J connectivity index is 2.27. The number of nitrogens with zero attached hydrogens (tertiary/aromatic N) is 3. The molecule has 1 heterocycles. The Morgan fingerprint density at radius 3 is 2.24 bits per heavy atom. The fourth-order valence-electron chi connectivity index (χ4n) is 0.828. The maximum atomic E-state index is 11.7. The number of aromatic nitrogens is 3. The van der Waals surface area contributed by atoms with Gasteiger partial charge in [0.1, 0.15) is 6.61 Å². The van der Waals surface area contributed by atoms with Crippen molar-refractivity contribution in [2.45, 2.75) is 6.18 Å². The van der Waals surface area contributed by atoms with E-state index in [2.05, 4.69) is 25.0 Å². The van der Waals surface area contributed by atoms with Gasteiger partial charge in [-0.05, 0) is 23.2 Å². The van der Waals surface area contributed by atoms with Crippen LogP contribution < -0.4 is 5.32 Å². The third kappa shape index (κ3) is 6.44. The minimum Gasteiger partial charge on any atom is -0.370 e. The van der Waals surface area contributed by atoms with Gasteiger partial charge in [0.15, 0.2) is 0 Å². The molecular weight excluding hydrogens is 284 g/mol. The molecule has 96 valence electrons. The van der Waals surface area contributed by atoms with Crippen LogP contribution >= 0.6 is 23.2 Å². The van der Waals surface area contributed by atoms with Gasteiger partial charge in [0, 0.05) is 6.54 Å². The van der Waals surface area contributed by atoms with Crippen LogP contribution in [0.3, 0.4) is 0 Å². The molecular formula is C7H7Cl2F3N4O. The molecule has 17 heavy (non-hydrogen) atoms. The van der Waals surface area contributed by atoms with Crippen LogP contribution in [-0.4, -0.2) is 40.9 Å². The largest absolute Gasteiger partial charge is 0.411 e. The van der Waals surface area contributed by atoms with E-state index < -0.39 is 12.8 Å². The van der Waals surface area contributed by atoms with Crippen LogP contribution in [0.15, 0.2) is 0 Å². The molecule has 0 aliphatic heterocycles. The fraction of sp³-hybridized carbons (Fsp3) is 0.571. The van der Waals surface area contributed by atoms with Gasteiger partial charge in [0.25, 0.3) is 0 Å². The normalized spacial score (nSPS) is 11.6. The molecule has 1 N–H and O–H groups in total. The molecule has 0 saturated carbocycles. The van der Waals surface area contributed by atoms with E-state index in [0.717, 1.165) is 0 Å². The summed E-state index contributed by atoms with van der Waals surface area (Å²) < 4.78 is 39.5. The molecule has 1 rings (SSSR count). The van der Waals surface area contributed by atoms with Crippen LogP contribution in [-0.2, 0) is 4.74 Å². The van der Waals surface area contributed by atoms with Gasteiger partial charge in [-0.2, -0.15) is 28.1 Å². The van der Waals surface area contributed by atoms with Crippen molar-refractivity contribution in [3.63, 3.8) is 0 Å². The monoisotopic (exact) mass is 290 g/mol. The number of ether oxygens (including phenoxy) is 1. The number of hydrogen-bond donors (Lipinski definition) is 1. The first kappa shape index (κ1) is 14.2. The molecule has 0 unspecified atom stereocenters. The fourth-order valence-corrected chi connectivity index (χ4v) is 1.19. The van der Waals surface area contributed by atoms with Crippen LogP contribution in [0.4, 0.5) is 19.1 Å². The summed E-state index contributed by atoms with van der Waals surface area (Å²) in [6, 6.07) is 0. The van der Waals surface area contributed by atoms with Gasteiger partial charge in [-0.15, -0.1) is 0 Å². The van der Waals surface area contributed by atoms with Gasteiger partial charge in [-0.3, -0.25) is 0 Å². The SMILES string of the molecule is FC(F)(F)COCCNc1nc(Cl)nc(Cl)n1. The quantitative estimate of drug-likeness (QED) is 0.842. The maximum absolute atomic E-state index is 11.7. The lowest BCUT2D eigenvalue weighted by molar-refractivity contribution is -0.172. The maximum Gasteiger partial charge on any atom is 0.411 e. The Hall–Kier alpha value is -0.860. The van der Waals surface area contributed by atoms with Crippen LogP contribution in [0.5, 0.6) is 0 Å². The van der Waals surface area contributed by atoms with Crippen molar-refractivity contribution < 1.29 is 17.9 Å².